The number of amides is 2. The molecule has 96 valence electrons. The highest BCUT2D eigenvalue weighted by Gasteiger charge is 2.34. The van der Waals surface area contributed by atoms with E-state index in [0.29, 0.717) is 12.1 Å². The first kappa shape index (κ1) is 13.7. The molecule has 2 amide bonds. The third-order valence-corrected chi connectivity index (χ3v) is 4.25. The molecule has 0 saturated carbocycles. The fourth-order valence-electron chi connectivity index (χ4n) is 1.98. The van der Waals surface area contributed by atoms with E-state index in [9.17, 15) is 9.59 Å². The van der Waals surface area contributed by atoms with E-state index >= 15 is 0 Å². The molecule has 0 aromatic heterocycles. The summed E-state index contributed by atoms with van der Waals surface area (Å²) in [5.74, 6) is -0.353. The minimum absolute atomic E-state index is 0.143. The highest BCUT2D eigenvalue weighted by Crippen LogP contribution is 2.37. The van der Waals surface area contributed by atoms with Crippen LogP contribution in [0.1, 0.15) is 29.6 Å². The van der Waals surface area contributed by atoms with Gasteiger partial charge in [-0.2, -0.15) is 0 Å². The lowest BCUT2D eigenvalue weighted by Crippen LogP contribution is -2.37. The number of carbonyl (C=O) groups is 2. The van der Waals surface area contributed by atoms with Crippen LogP contribution in [0.25, 0.3) is 0 Å². The molecule has 5 heteroatoms. The molecular weight excluding hydrogens is 362 g/mol. The van der Waals surface area contributed by atoms with Crippen LogP contribution in [-0.2, 0) is 4.79 Å². The average molecular weight is 375 g/mol. The van der Waals surface area contributed by atoms with Crippen molar-refractivity contribution in [2.24, 2.45) is 0 Å². The van der Waals surface area contributed by atoms with Crippen LogP contribution in [0.4, 0.5) is 0 Å². The molecular formula is C13H13Br2NO2. The van der Waals surface area contributed by atoms with Gasteiger partial charge in [0.25, 0.3) is 5.91 Å². The van der Waals surface area contributed by atoms with Crippen LogP contribution in [0, 0.1) is 0 Å². The molecule has 18 heavy (non-hydrogen) atoms. The van der Waals surface area contributed by atoms with Crippen LogP contribution in [0.15, 0.2) is 30.3 Å². The second-order valence-electron chi connectivity index (χ2n) is 4.35. The van der Waals surface area contributed by atoms with Crippen molar-refractivity contribution in [3.8, 4) is 0 Å². The van der Waals surface area contributed by atoms with Crippen LogP contribution < -0.4 is 0 Å². The smallest absolute Gasteiger partial charge is 0.260 e. The predicted octanol–water partition coefficient (Wildman–Crippen LogP) is 3.33. The van der Waals surface area contributed by atoms with Gasteiger partial charge in [0.2, 0.25) is 5.91 Å². The number of hydrogen-bond acceptors (Lipinski definition) is 2. The summed E-state index contributed by atoms with van der Waals surface area (Å²) in [5.41, 5.74) is 0.558. The van der Waals surface area contributed by atoms with E-state index < -0.39 is 0 Å². The molecule has 1 aromatic rings. The van der Waals surface area contributed by atoms with Gasteiger partial charge in [-0.15, -0.1) is 0 Å². The van der Waals surface area contributed by atoms with Crippen molar-refractivity contribution in [1.29, 1.82) is 0 Å². The van der Waals surface area contributed by atoms with Crippen LogP contribution in [0.5, 0.6) is 0 Å². The van der Waals surface area contributed by atoms with E-state index in [2.05, 4.69) is 31.9 Å². The van der Waals surface area contributed by atoms with E-state index in [-0.39, 0.29) is 21.5 Å². The van der Waals surface area contributed by atoms with E-state index in [1.807, 2.05) is 6.07 Å². The number of likely N-dealkylation sites (tertiary alicyclic amines) is 1. The largest absolute Gasteiger partial charge is 0.278 e. The molecule has 1 aliphatic rings. The monoisotopic (exact) mass is 373 g/mol. The number of hydrogen-bond donors (Lipinski definition) is 0. The van der Waals surface area contributed by atoms with Gasteiger partial charge in [-0.1, -0.05) is 50.1 Å². The van der Waals surface area contributed by atoms with Crippen molar-refractivity contribution < 1.29 is 9.59 Å². The summed E-state index contributed by atoms with van der Waals surface area (Å²) in [7, 11) is 0. The van der Waals surface area contributed by atoms with Crippen LogP contribution in [-0.4, -0.2) is 26.5 Å². The van der Waals surface area contributed by atoms with Gasteiger partial charge >= 0.3 is 0 Å². The van der Waals surface area contributed by atoms with Gasteiger partial charge in [0.15, 0.2) is 0 Å². The number of alkyl halides is 2. The van der Waals surface area contributed by atoms with E-state index in [1.165, 1.54) is 4.90 Å². The summed E-state index contributed by atoms with van der Waals surface area (Å²) in [4.78, 5) is 25.7. The Morgan fingerprint density at radius 1 is 1.22 bits per heavy atom. The standard InChI is InChI=1S/C13H13Br2NO2/c14-13(15)7-4-8-16(11(17)9-13)12(18)10-5-2-1-3-6-10/h1-3,5-6H,4,7-9H2. The van der Waals surface area contributed by atoms with Crippen molar-refractivity contribution in [2.75, 3.05) is 6.54 Å². The molecule has 0 spiro atoms. The van der Waals surface area contributed by atoms with E-state index in [0.717, 1.165) is 12.8 Å². The van der Waals surface area contributed by atoms with E-state index in [4.69, 9.17) is 0 Å². The molecule has 2 rings (SSSR count). The van der Waals surface area contributed by atoms with Gasteiger partial charge in [-0.3, -0.25) is 14.5 Å². The maximum absolute atomic E-state index is 12.2. The summed E-state index contributed by atoms with van der Waals surface area (Å²) < 4.78 is -0.372. The van der Waals surface area contributed by atoms with Crippen LogP contribution in [0.2, 0.25) is 0 Å². The van der Waals surface area contributed by atoms with Crippen molar-refractivity contribution >= 4 is 43.7 Å². The number of carbonyl (C=O) groups excluding carboxylic acids is 2. The minimum Gasteiger partial charge on any atom is -0.278 e. The molecule has 0 unspecified atom stereocenters. The zero-order valence-corrected chi connectivity index (χ0v) is 12.9. The average Bonchev–Trinajstić information content (AvgIpc) is 2.47. The van der Waals surface area contributed by atoms with E-state index in [1.54, 1.807) is 24.3 Å². The molecule has 0 aliphatic carbocycles. The number of nitrogens with zero attached hydrogens (tertiary/aromatic N) is 1. The molecule has 1 saturated heterocycles. The van der Waals surface area contributed by atoms with Crippen molar-refractivity contribution in [1.82, 2.24) is 4.90 Å². The van der Waals surface area contributed by atoms with Crippen LogP contribution >= 0.6 is 31.9 Å². The highest BCUT2D eigenvalue weighted by molar-refractivity contribution is 9.25. The lowest BCUT2D eigenvalue weighted by Gasteiger charge is -2.19. The number of imide groups is 1. The highest BCUT2D eigenvalue weighted by atomic mass is 79.9. The molecule has 1 aromatic carbocycles. The fourth-order valence-corrected chi connectivity index (χ4v) is 3.02. The van der Waals surface area contributed by atoms with Gasteiger partial charge in [-0.25, -0.2) is 0 Å². The molecule has 3 nitrogen and oxygen atoms in total. The first-order chi connectivity index (χ1) is 8.49. The molecule has 1 heterocycles. The van der Waals surface area contributed by atoms with Gasteiger partial charge in [0, 0.05) is 12.1 Å². The third-order valence-electron chi connectivity index (χ3n) is 2.90. The maximum Gasteiger partial charge on any atom is 0.260 e. The number of halogens is 2. The lowest BCUT2D eigenvalue weighted by molar-refractivity contribution is -0.128. The summed E-state index contributed by atoms with van der Waals surface area (Å²) in [5, 5.41) is 0. The number of benzene rings is 1. The topological polar surface area (TPSA) is 37.4 Å². The molecule has 1 aliphatic heterocycles. The minimum atomic E-state index is -0.372. The second kappa shape index (κ2) is 5.53. The Bertz CT molecular complexity index is 459. The summed E-state index contributed by atoms with van der Waals surface area (Å²) >= 11 is 6.95. The van der Waals surface area contributed by atoms with Crippen molar-refractivity contribution in [3.63, 3.8) is 0 Å². The Kier molecular flexibility index (Phi) is 4.22. The first-order valence-electron chi connectivity index (χ1n) is 5.77. The maximum atomic E-state index is 12.2. The summed E-state index contributed by atoms with van der Waals surface area (Å²) in [6.07, 6.45) is 1.89. The Morgan fingerprint density at radius 3 is 2.56 bits per heavy atom. The Hall–Kier alpha value is -0.680. The third kappa shape index (κ3) is 3.20. The number of rotatable bonds is 1. The Labute approximate surface area is 123 Å². The normalized spacial score (nSPS) is 19.4. The second-order valence-corrected chi connectivity index (χ2v) is 8.45. The molecule has 0 bridgehead atoms. The lowest BCUT2D eigenvalue weighted by atomic mass is 10.2. The fraction of sp³-hybridized carbons (Fsp3) is 0.385. The van der Waals surface area contributed by atoms with Gasteiger partial charge in [-0.05, 0) is 25.0 Å². The molecule has 1 fully saturated rings. The Morgan fingerprint density at radius 2 is 1.89 bits per heavy atom. The van der Waals surface area contributed by atoms with Gasteiger partial charge < -0.3 is 0 Å². The van der Waals surface area contributed by atoms with Crippen molar-refractivity contribution in [3.05, 3.63) is 35.9 Å². The molecule has 0 atom stereocenters. The zero-order chi connectivity index (χ0) is 13.2. The summed E-state index contributed by atoms with van der Waals surface area (Å²) in [6, 6.07) is 8.92. The first-order valence-corrected chi connectivity index (χ1v) is 7.36. The molecule has 0 radical (unpaired) electrons. The van der Waals surface area contributed by atoms with Crippen LogP contribution in [0.3, 0.4) is 0 Å². The van der Waals surface area contributed by atoms with Crippen molar-refractivity contribution in [2.45, 2.75) is 22.5 Å². The molecule has 0 N–H and O–H groups in total. The predicted molar refractivity (Wildman–Crippen MR) is 76.9 cm³/mol. The summed E-state index contributed by atoms with van der Waals surface area (Å²) in [6.45, 7) is 0.478. The van der Waals surface area contributed by atoms with Gasteiger partial charge in [0.05, 0.1) is 9.65 Å². The van der Waals surface area contributed by atoms with Gasteiger partial charge in [0.1, 0.15) is 0 Å². The SMILES string of the molecule is O=C1CC(Br)(Br)CCCN1C(=O)c1ccccc1. The quantitative estimate of drug-likeness (QED) is 0.558. The Balaban J connectivity index is 2.18. The zero-order valence-electron chi connectivity index (χ0n) is 9.73.